The van der Waals surface area contributed by atoms with Crippen LogP contribution in [-0.2, 0) is 10.0 Å². The lowest BCUT2D eigenvalue weighted by atomic mass is 10.3. The van der Waals surface area contributed by atoms with Gasteiger partial charge in [0.25, 0.3) is 0 Å². The Morgan fingerprint density at radius 3 is 2.55 bits per heavy atom. The molecule has 1 atom stereocenters. The Morgan fingerprint density at radius 1 is 1.18 bits per heavy atom. The molecule has 0 saturated carbocycles. The molecule has 0 spiro atoms. The van der Waals surface area contributed by atoms with Crippen molar-refractivity contribution in [2.24, 2.45) is 0 Å². The number of rotatable bonds is 4. The second-order valence-corrected chi connectivity index (χ2v) is 7.74. The maximum absolute atomic E-state index is 12.5. The first kappa shape index (κ1) is 15.4. The topological polar surface area (TPSA) is 72.4 Å². The SMILES string of the molecule is O=S(=O)(c1ccccc1)N1CC[C@H](Oc2ncc(Br)cn2)C1. The van der Waals surface area contributed by atoms with E-state index in [9.17, 15) is 8.42 Å². The quantitative estimate of drug-likeness (QED) is 0.807. The van der Waals surface area contributed by atoms with Gasteiger partial charge in [0.15, 0.2) is 0 Å². The summed E-state index contributed by atoms with van der Waals surface area (Å²) in [5, 5.41) is 0. The molecule has 0 bridgehead atoms. The third kappa shape index (κ3) is 3.29. The standard InChI is InChI=1S/C14H14BrN3O3S/c15-11-8-16-14(17-9-11)21-12-6-7-18(10-12)22(19,20)13-4-2-1-3-5-13/h1-5,8-9,12H,6-7,10H2/t12-/m0/s1. The van der Waals surface area contributed by atoms with E-state index in [-0.39, 0.29) is 12.1 Å². The fourth-order valence-electron chi connectivity index (χ4n) is 2.26. The van der Waals surface area contributed by atoms with Gasteiger partial charge in [-0.05, 0) is 34.5 Å². The number of nitrogens with zero attached hydrogens (tertiary/aromatic N) is 3. The molecule has 22 heavy (non-hydrogen) atoms. The smallest absolute Gasteiger partial charge is 0.316 e. The summed E-state index contributed by atoms with van der Waals surface area (Å²) >= 11 is 3.25. The van der Waals surface area contributed by atoms with E-state index in [0.29, 0.717) is 24.4 Å². The van der Waals surface area contributed by atoms with Gasteiger partial charge in [-0.1, -0.05) is 18.2 Å². The zero-order valence-corrected chi connectivity index (χ0v) is 14.0. The van der Waals surface area contributed by atoms with Crippen molar-refractivity contribution in [3.05, 3.63) is 47.2 Å². The number of benzene rings is 1. The van der Waals surface area contributed by atoms with Crippen molar-refractivity contribution >= 4 is 26.0 Å². The molecule has 1 fully saturated rings. The predicted molar refractivity (Wildman–Crippen MR) is 84.0 cm³/mol. The van der Waals surface area contributed by atoms with E-state index in [1.165, 1.54) is 4.31 Å². The van der Waals surface area contributed by atoms with Crippen LogP contribution in [0.5, 0.6) is 6.01 Å². The maximum atomic E-state index is 12.5. The Hall–Kier alpha value is -1.51. The predicted octanol–water partition coefficient (Wildman–Crippen LogP) is 2.08. The van der Waals surface area contributed by atoms with Gasteiger partial charge >= 0.3 is 6.01 Å². The van der Waals surface area contributed by atoms with E-state index in [1.807, 2.05) is 0 Å². The van der Waals surface area contributed by atoms with Gasteiger partial charge in [0.2, 0.25) is 10.0 Å². The summed E-state index contributed by atoms with van der Waals surface area (Å²) < 4.78 is 32.9. The Morgan fingerprint density at radius 2 is 1.86 bits per heavy atom. The van der Waals surface area contributed by atoms with Gasteiger partial charge in [-0.15, -0.1) is 0 Å². The molecule has 0 aliphatic carbocycles. The van der Waals surface area contributed by atoms with Gasteiger partial charge in [-0.2, -0.15) is 4.31 Å². The second kappa shape index (κ2) is 6.31. The monoisotopic (exact) mass is 383 g/mol. The Bertz CT molecular complexity index is 738. The third-order valence-electron chi connectivity index (χ3n) is 3.36. The van der Waals surface area contributed by atoms with Gasteiger partial charge in [0.05, 0.1) is 15.9 Å². The largest absolute Gasteiger partial charge is 0.459 e. The van der Waals surface area contributed by atoms with Crippen molar-refractivity contribution in [3.63, 3.8) is 0 Å². The van der Waals surface area contributed by atoms with E-state index in [2.05, 4.69) is 25.9 Å². The zero-order chi connectivity index (χ0) is 15.6. The molecule has 6 nitrogen and oxygen atoms in total. The number of ether oxygens (including phenoxy) is 1. The summed E-state index contributed by atoms with van der Waals surface area (Å²) in [7, 11) is -3.47. The zero-order valence-electron chi connectivity index (χ0n) is 11.6. The van der Waals surface area contributed by atoms with Crippen molar-refractivity contribution in [3.8, 4) is 6.01 Å². The van der Waals surface area contributed by atoms with Crippen LogP contribution in [0.3, 0.4) is 0 Å². The van der Waals surface area contributed by atoms with Crippen molar-refractivity contribution in [2.75, 3.05) is 13.1 Å². The highest BCUT2D eigenvalue weighted by atomic mass is 79.9. The van der Waals surface area contributed by atoms with Gasteiger partial charge in [0, 0.05) is 18.9 Å². The van der Waals surface area contributed by atoms with Gasteiger partial charge < -0.3 is 4.74 Å². The molecule has 2 aromatic rings. The molecule has 2 heterocycles. The maximum Gasteiger partial charge on any atom is 0.316 e. The number of aromatic nitrogens is 2. The van der Waals surface area contributed by atoms with Crippen molar-refractivity contribution in [1.82, 2.24) is 14.3 Å². The lowest BCUT2D eigenvalue weighted by molar-refractivity contribution is 0.197. The highest BCUT2D eigenvalue weighted by Gasteiger charge is 2.33. The van der Waals surface area contributed by atoms with Crippen LogP contribution in [0.2, 0.25) is 0 Å². The third-order valence-corrected chi connectivity index (χ3v) is 5.65. The summed E-state index contributed by atoms with van der Waals surface area (Å²) in [5.41, 5.74) is 0. The van der Waals surface area contributed by atoms with Gasteiger partial charge in [-0.3, -0.25) is 0 Å². The fraction of sp³-hybridized carbons (Fsp3) is 0.286. The van der Waals surface area contributed by atoms with Crippen LogP contribution >= 0.6 is 15.9 Å². The molecule has 0 unspecified atom stereocenters. The number of sulfonamides is 1. The highest BCUT2D eigenvalue weighted by molar-refractivity contribution is 9.10. The molecule has 3 rings (SSSR count). The van der Waals surface area contributed by atoms with Crippen LogP contribution in [0.1, 0.15) is 6.42 Å². The summed E-state index contributed by atoms with van der Waals surface area (Å²) in [6, 6.07) is 8.67. The molecule has 1 aromatic carbocycles. The molecule has 0 N–H and O–H groups in total. The average molecular weight is 384 g/mol. The van der Waals surface area contributed by atoms with Crippen LogP contribution in [0.4, 0.5) is 0 Å². The first-order chi connectivity index (χ1) is 10.6. The molecule has 1 aromatic heterocycles. The minimum atomic E-state index is -3.47. The summed E-state index contributed by atoms with van der Waals surface area (Å²) in [5.74, 6) is 0. The second-order valence-electron chi connectivity index (χ2n) is 4.89. The number of hydrogen-bond donors (Lipinski definition) is 0. The first-order valence-electron chi connectivity index (χ1n) is 6.75. The molecule has 8 heteroatoms. The van der Waals surface area contributed by atoms with Gasteiger partial charge in [0.1, 0.15) is 6.10 Å². The summed E-state index contributed by atoms with van der Waals surface area (Å²) in [6.45, 7) is 0.731. The molecular weight excluding hydrogens is 370 g/mol. The van der Waals surface area contributed by atoms with Crippen molar-refractivity contribution in [2.45, 2.75) is 17.4 Å². The van der Waals surface area contributed by atoms with Crippen molar-refractivity contribution < 1.29 is 13.2 Å². The van der Waals surface area contributed by atoms with Crippen LogP contribution in [0.25, 0.3) is 0 Å². The van der Waals surface area contributed by atoms with Crippen molar-refractivity contribution in [1.29, 1.82) is 0 Å². The van der Waals surface area contributed by atoms with Gasteiger partial charge in [-0.25, -0.2) is 18.4 Å². The van der Waals surface area contributed by atoms with Crippen LogP contribution in [0, 0.1) is 0 Å². The Balaban J connectivity index is 1.68. The van der Waals surface area contributed by atoms with Crippen LogP contribution < -0.4 is 4.74 Å². The summed E-state index contributed by atoms with van der Waals surface area (Å²) in [4.78, 5) is 8.38. The Labute approximate surface area is 137 Å². The van der Waals surface area contributed by atoms with Crippen LogP contribution in [-0.4, -0.2) is 41.9 Å². The van der Waals surface area contributed by atoms with Crippen LogP contribution in [0.15, 0.2) is 52.1 Å². The van der Waals surface area contributed by atoms with E-state index < -0.39 is 10.0 Å². The minimum absolute atomic E-state index is 0.236. The lowest BCUT2D eigenvalue weighted by Gasteiger charge is -2.16. The number of halogens is 1. The average Bonchev–Trinajstić information content (AvgIpc) is 3.00. The Kier molecular flexibility index (Phi) is 4.42. The molecule has 0 radical (unpaired) electrons. The molecule has 1 aliphatic heterocycles. The first-order valence-corrected chi connectivity index (χ1v) is 8.98. The lowest BCUT2D eigenvalue weighted by Crippen LogP contribution is -2.31. The molecule has 0 amide bonds. The summed E-state index contributed by atoms with van der Waals surface area (Å²) in [6.07, 6.45) is 3.57. The fourth-order valence-corrected chi connectivity index (χ4v) is 3.98. The molecular formula is C14H14BrN3O3S. The highest BCUT2D eigenvalue weighted by Crippen LogP contribution is 2.23. The molecule has 116 valence electrons. The van der Waals surface area contributed by atoms with E-state index >= 15 is 0 Å². The normalized spacial score (nSPS) is 19.2. The van der Waals surface area contributed by atoms with E-state index in [4.69, 9.17) is 4.74 Å². The molecule has 1 aliphatic rings. The number of hydrogen-bond acceptors (Lipinski definition) is 5. The van der Waals surface area contributed by atoms with E-state index in [0.717, 1.165) is 4.47 Å². The van der Waals surface area contributed by atoms with E-state index in [1.54, 1.807) is 42.7 Å². The molecule has 1 saturated heterocycles. The minimum Gasteiger partial charge on any atom is -0.459 e.